The van der Waals surface area contributed by atoms with E-state index in [-0.39, 0.29) is 19.1 Å². The van der Waals surface area contributed by atoms with Crippen molar-refractivity contribution in [2.75, 3.05) is 13.2 Å². The van der Waals surface area contributed by atoms with Gasteiger partial charge in [-0.15, -0.1) is 0 Å². The van der Waals surface area contributed by atoms with Crippen molar-refractivity contribution < 1.29 is 19.1 Å². The smallest absolute Gasteiger partial charge is 0.276 e. The molecule has 0 aliphatic rings. The number of rotatable bonds is 8. The maximum Gasteiger partial charge on any atom is 0.276 e. The van der Waals surface area contributed by atoms with Gasteiger partial charge >= 0.3 is 0 Å². The summed E-state index contributed by atoms with van der Waals surface area (Å²) in [6.07, 6.45) is 0.911. The van der Waals surface area contributed by atoms with E-state index < -0.39 is 11.8 Å². The second kappa shape index (κ2) is 10.9. The Labute approximate surface area is 180 Å². The third-order valence-corrected chi connectivity index (χ3v) is 4.87. The van der Waals surface area contributed by atoms with Crippen molar-refractivity contribution in [1.29, 1.82) is 0 Å². The average molecular weight is 463 g/mol. The van der Waals surface area contributed by atoms with Crippen LogP contribution in [0, 0.1) is 6.92 Å². The van der Waals surface area contributed by atoms with Gasteiger partial charge in [0.05, 0.1) is 4.47 Å². The Bertz CT molecular complexity index is 868. The van der Waals surface area contributed by atoms with Crippen LogP contribution in [0.4, 0.5) is 0 Å². The summed E-state index contributed by atoms with van der Waals surface area (Å²) in [5.74, 6) is 0.584. The highest BCUT2D eigenvalue weighted by Crippen LogP contribution is 2.27. The van der Waals surface area contributed by atoms with Gasteiger partial charge in [0.1, 0.15) is 11.5 Å². The van der Waals surface area contributed by atoms with E-state index in [0.29, 0.717) is 11.5 Å². The highest BCUT2D eigenvalue weighted by atomic mass is 79.9. The van der Waals surface area contributed by atoms with Gasteiger partial charge in [-0.05, 0) is 70.1 Å². The molecular weight excluding hydrogens is 436 g/mol. The van der Waals surface area contributed by atoms with Crippen LogP contribution in [0.25, 0.3) is 0 Å². The summed E-state index contributed by atoms with van der Waals surface area (Å²) >= 11 is 3.42. The van der Waals surface area contributed by atoms with Gasteiger partial charge in [0, 0.05) is 0 Å². The molecule has 0 saturated carbocycles. The van der Waals surface area contributed by atoms with Crippen LogP contribution < -0.4 is 20.3 Å². The lowest BCUT2D eigenvalue weighted by Gasteiger charge is -2.15. The summed E-state index contributed by atoms with van der Waals surface area (Å²) in [4.78, 5) is 23.9. The molecule has 0 aliphatic carbocycles. The van der Waals surface area contributed by atoms with Gasteiger partial charge in [-0.2, -0.15) is 0 Å². The molecule has 6 nitrogen and oxygen atoms in total. The molecule has 0 spiro atoms. The number of carbonyl (C=O) groups excluding carboxylic acids is 2. The molecular formula is C22H27BrN2O4. The first-order chi connectivity index (χ1) is 13.8. The van der Waals surface area contributed by atoms with Gasteiger partial charge in [0.15, 0.2) is 13.2 Å². The van der Waals surface area contributed by atoms with E-state index in [2.05, 4.69) is 47.6 Å². The molecule has 0 heterocycles. The molecule has 2 aromatic rings. The average Bonchev–Trinajstić information content (AvgIpc) is 2.69. The fourth-order valence-corrected chi connectivity index (χ4v) is 3.16. The number of hydrogen-bond donors (Lipinski definition) is 2. The van der Waals surface area contributed by atoms with E-state index in [4.69, 9.17) is 9.47 Å². The lowest BCUT2D eigenvalue weighted by molar-refractivity contribution is -0.131. The molecule has 2 amide bonds. The number of ether oxygens (including phenoxy) is 2. The van der Waals surface area contributed by atoms with E-state index in [0.717, 1.165) is 27.6 Å². The molecule has 0 fully saturated rings. The van der Waals surface area contributed by atoms with Crippen molar-refractivity contribution in [3.05, 3.63) is 57.6 Å². The third-order valence-electron chi connectivity index (χ3n) is 4.25. The number of halogens is 1. The molecule has 0 aromatic heterocycles. The zero-order valence-electron chi connectivity index (χ0n) is 17.2. The third kappa shape index (κ3) is 7.09. The maximum absolute atomic E-state index is 12.0. The summed E-state index contributed by atoms with van der Waals surface area (Å²) in [6, 6.07) is 11.6. The van der Waals surface area contributed by atoms with Crippen LogP contribution in [0.3, 0.4) is 0 Å². The molecule has 156 valence electrons. The Hall–Kier alpha value is -2.54. The van der Waals surface area contributed by atoms with Gasteiger partial charge in [-0.25, -0.2) is 0 Å². The maximum atomic E-state index is 12.0. The predicted octanol–water partition coefficient (Wildman–Crippen LogP) is 4.05. The van der Waals surface area contributed by atoms with E-state index >= 15 is 0 Å². The van der Waals surface area contributed by atoms with E-state index in [1.807, 2.05) is 37.3 Å². The van der Waals surface area contributed by atoms with Crippen LogP contribution in [0.2, 0.25) is 0 Å². The zero-order valence-corrected chi connectivity index (χ0v) is 18.8. The monoisotopic (exact) mass is 462 g/mol. The topological polar surface area (TPSA) is 76.7 Å². The van der Waals surface area contributed by atoms with Gasteiger partial charge in [0.2, 0.25) is 0 Å². The molecule has 2 aromatic carbocycles. The molecule has 0 unspecified atom stereocenters. The SMILES string of the molecule is CCc1ccc(OCC(=O)NNC(=O)COc2cc(C)ccc2C(C)C)c(Br)c1. The Balaban J connectivity index is 1.78. The number of carbonyl (C=O) groups is 2. The lowest BCUT2D eigenvalue weighted by atomic mass is 10.0. The second-order valence-electron chi connectivity index (χ2n) is 6.99. The van der Waals surface area contributed by atoms with Crippen molar-refractivity contribution in [3.63, 3.8) is 0 Å². The molecule has 29 heavy (non-hydrogen) atoms. The number of hydrazine groups is 1. The minimum atomic E-state index is -0.469. The normalized spacial score (nSPS) is 10.6. The number of benzene rings is 2. The Kier molecular flexibility index (Phi) is 8.51. The van der Waals surface area contributed by atoms with Crippen LogP contribution in [-0.2, 0) is 16.0 Å². The Morgan fingerprint density at radius 2 is 1.59 bits per heavy atom. The summed E-state index contributed by atoms with van der Waals surface area (Å²) in [5.41, 5.74) is 7.89. The number of aryl methyl sites for hydroxylation is 2. The van der Waals surface area contributed by atoms with Gasteiger partial charge in [0.25, 0.3) is 11.8 Å². The second-order valence-corrected chi connectivity index (χ2v) is 7.84. The standard InChI is InChI=1S/C22H27BrN2O4/c1-5-16-7-9-19(18(23)11-16)28-12-21(26)24-25-22(27)13-29-20-10-15(4)6-8-17(20)14(2)3/h6-11,14H,5,12-13H2,1-4H3,(H,24,26)(H,25,27). The number of nitrogens with one attached hydrogen (secondary N) is 2. The fourth-order valence-electron chi connectivity index (χ4n) is 2.62. The predicted molar refractivity (Wildman–Crippen MR) is 116 cm³/mol. The zero-order chi connectivity index (χ0) is 21.4. The van der Waals surface area contributed by atoms with Crippen LogP contribution in [-0.4, -0.2) is 25.0 Å². The lowest BCUT2D eigenvalue weighted by Crippen LogP contribution is -2.45. The molecule has 2 N–H and O–H groups in total. The highest BCUT2D eigenvalue weighted by Gasteiger charge is 2.11. The fraction of sp³-hybridized carbons (Fsp3) is 0.364. The van der Waals surface area contributed by atoms with E-state index in [9.17, 15) is 9.59 Å². The quantitative estimate of drug-likeness (QED) is 0.580. The van der Waals surface area contributed by atoms with Crippen molar-refractivity contribution in [2.24, 2.45) is 0 Å². The minimum Gasteiger partial charge on any atom is -0.483 e. The molecule has 0 bridgehead atoms. The van der Waals surface area contributed by atoms with Gasteiger partial charge < -0.3 is 9.47 Å². The van der Waals surface area contributed by atoms with Crippen LogP contribution in [0.5, 0.6) is 11.5 Å². The largest absolute Gasteiger partial charge is 0.483 e. The van der Waals surface area contributed by atoms with Crippen molar-refractivity contribution in [3.8, 4) is 11.5 Å². The van der Waals surface area contributed by atoms with Crippen LogP contribution >= 0.6 is 15.9 Å². The van der Waals surface area contributed by atoms with Gasteiger partial charge in [-0.3, -0.25) is 20.4 Å². The molecule has 0 aliphatic heterocycles. The molecule has 2 rings (SSSR count). The minimum absolute atomic E-state index is 0.200. The van der Waals surface area contributed by atoms with E-state index in [1.165, 1.54) is 0 Å². The molecule has 0 saturated heterocycles. The summed E-state index contributed by atoms with van der Waals surface area (Å²) < 4.78 is 11.9. The first-order valence-corrected chi connectivity index (χ1v) is 10.3. The molecule has 0 atom stereocenters. The van der Waals surface area contributed by atoms with Crippen LogP contribution in [0.15, 0.2) is 40.9 Å². The summed E-state index contributed by atoms with van der Waals surface area (Å²) in [5, 5.41) is 0. The van der Waals surface area contributed by atoms with Gasteiger partial charge in [-0.1, -0.05) is 39.0 Å². The summed E-state index contributed by atoms with van der Waals surface area (Å²) in [6.45, 7) is 7.73. The Morgan fingerprint density at radius 3 is 2.14 bits per heavy atom. The molecule has 7 heteroatoms. The highest BCUT2D eigenvalue weighted by molar-refractivity contribution is 9.10. The van der Waals surface area contributed by atoms with Crippen molar-refractivity contribution >= 4 is 27.7 Å². The Morgan fingerprint density at radius 1 is 0.966 bits per heavy atom. The van der Waals surface area contributed by atoms with E-state index in [1.54, 1.807) is 6.07 Å². The first-order valence-electron chi connectivity index (χ1n) is 9.52. The van der Waals surface area contributed by atoms with Crippen LogP contribution in [0.1, 0.15) is 43.4 Å². The number of amides is 2. The molecule has 0 radical (unpaired) electrons. The number of hydrogen-bond acceptors (Lipinski definition) is 4. The van der Waals surface area contributed by atoms with Crippen molar-refractivity contribution in [2.45, 2.75) is 40.0 Å². The summed E-state index contributed by atoms with van der Waals surface area (Å²) in [7, 11) is 0. The first kappa shape index (κ1) is 22.7. The van der Waals surface area contributed by atoms with Crippen molar-refractivity contribution in [1.82, 2.24) is 10.9 Å².